The van der Waals surface area contributed by atoms with Gasteiger partial charge in [0.25, 0.3) is 5.56 Å². The summed E-state index contributed by atoms with van der Waals surface area (Å²) in [5.41, 5.74) is 7.65. The first-order valence-corrected chi connectivity index (χ1v) is 6.58. The van der Waals surface area contributed by atoms with E-state index in [1.54, 1.807) is 18.2 Å². The minimum absolute atomic E-state index is 0.103. The molecule has 0 saturated heterocycles. The molecule has 0 radical (unpaired) electrons. The predicted octanol–water partition coefficient (Wildman–Crippen LogP) is 2.35. The normalized spacial score (nSPS) is 12.4. The molecule has 0 fully saturated rings. The lowest BCUT2D eigenvalue weighted by molar-refractivity contribution is 0.548. The van der Waals surface area contributed by atoms with E-state index in [1.807, 2.05) is 19.1 Å². The molecule has 0 aliphatic carbocycles. The van der Waals surface area contributed by atoms with E-state index in [4.69, 9.17) is 17.3 Å². The molecule has 0 saturated carbocycles. The molecule has 0 bridgehead atoms. The number of nitrogens with two attached hydrogens (primary N) is 1. The molecule has 4 nitrogen and oxygen atoms in total. The SMILES string of the molecule is CCCn1nc(C(N)c2ccc(Cl)cc2)ccc1=O. The molecule has 2 N–H and O–H groups in total. The number of hydrogen-bond acceptors (Lipinski definition) is 3. The molecule has 0 aliphatic heterocycles. The van der Waals surface area contributed by atoms with Crippen LogP contribution in [0.25, 0.3) is 0 Å². The van der Waals surface area contributed by atoms with E-state index in [1.165, 1.54) is 10.7 Å². The first-order chi connectivity index (χ1) is 9.11. The molecule has 2 rings (SSSR count). The number of hydrogen-bond donors (Lipinski definition) is 1. The molecule has 1 aromatic heterocycles. The molecule has 1 heterocycles. The van der Waals surface area contributed by atoms with Crippen LogP contribution in [0.1, 0.15) is 30.6 Å². The van der Waals surface area contributed by atoms with E-state index < -0.39 is 0 Å². The standard InChI is InChI=1S/C14H16ClN3O/c1-2-9-18-13(19)8-7-12(17-18)14(16)10-3-5-11(15)6-4-10/h3-8,14H,2,9,16H2,1H3. The Morgan fingerprint density at radius 1 is 1.26 bits per heavy atom. The maximum absolute atomic E-state index is 11.6. The third-order valence-corrected chi connectivity index (χ3v) is 3.12. The van der Waals surface area contributed by atoms with Crippen molar-refractivity contribution >= 4 is 11.6 Å². The van der Waals surface area contributed by atoms with Crippen molar-refractivity contribution in [3.8, 4) is 0 Å². The van der Waals surface area contributed by atoms with Crippen LogP contribution < -0.4 is 11.3 Å². The molecule has 2 aromatic rings. The molecule has 1 aromatic carbocycles. The highest BCUT2D eigenvalue weighted by Crippen LogP contribution is 2.19. The molecule has 0 amide bonds. The largest absolute Gasteiger partial charge is 0.319 e. The van der Waals surface area contributed by atoms with Crippen molar-refractivity contribution in [3.05, 3.63) is 63.0 Å². The summed E-state index contributed by atoms with van der Waals surface area (Å²) in [6, 6.07) is 10.1. The Kier molecular flexibility index (Phi) is 4.35. The quantitative estimate of drug-likeness (QED) is 0.933. The second-order valence-electron chi connectivity index (χ2n) is 4.35. The number of benzene rings is 1. The van der Waals surface area contributed by atoms with Crippen LogP contribution >= 0.6 is 11.6 Å². The number of aryl methyl sites for hydroxylation is 1. The van der Waals surface area contributed by atoms with Crippen LogP contribution in [0, 0.1) is 0 Å². The third-order valence-electron chi connectivity index (χ3n) is 2.87. The second-order valence-corrected chi connectivity index (χ2v) is 4.79. The van der Waals surface area contributed by atoms with Gasteiger partial charge in [0.05, 0.1) is 11.7 Å². The maximum atomic E-state index is 11.6. The maximum Gasteiger partial charge on any atom is 0.266 e. The van der Waals surface area contributed by atoms with Gasteiger partial charge in [-0.05, 0) is 30.2 Å². The number of halogens is 1. The molecule has 100 valence electrons. The minimum Gasteiger partial charge on any atom is -0.319 e. The lowest BCUT2D eigenvalue weighted by Gasteiger charge is -2.13. The molecule has 5 heteroatoms. The fourth-order valence-corrected chi connectivity index (χ4v) is 1.97. The Labute approximate surface area is 116 Å². The summed E-state index contributed by atoms with van der Waals surface area (Å²) in [6.07, 6.45) is 0.854. The van der Waals surface area contributed by atoms with Gasteiger partial charge in [-0.25, -0.2) is 4.68 Å². The van der Waals surface area contributed by atoms with Gasteiger partial charge in [0, 0.05) is 17.6 Å². The van der Waals surface area contributed by atoms with Gasteiger partial charge >= 0.3 is 0 Å². The monoisotopic (exact) mass is 277 g/mol. The molecule has 0 aliphatic rings. The van der Waals surface area contributed by atoms with Gasteiger partial charge in [0.15, 0.2) is 0 Å². The van der Waals surface area contributed by atoms with E-state index in [9.17, 15) is 4.79 Å². The van der Waals surface area contributed by atoms with Crippen molar-refractivity contribution in [1.82, 2.24) is 9.78 Å². The molecular formula is C14H16ClN3O. The van der Waals surface area contributed by atoms with Crippen LogP contribution in [0.3, 0.4) is 0 Å². The van der Waals surface area contributed by atoms with Crippen LogP contribution in [-0.2, 0) is 6.54 Å². The number of aromatic nitrogens is 2. The predicted molar refractivity (Wildman–Crippen MR) is 76.3 cm³/mol. The van der Waals surface area contributed by atoms with Crippen LogP contribution in [0.5, 0.6) is 0 Å². The Bertz CT molecular complexity index is 607. The topological polar surface area (TPSA) is 60.9 Å². The van der Waals surface area contributed by atoms with E-state index in [2.05, 4.69) is 5.10 Å². The third kappa shape index (κ3) is 3.22. The molecule has 0 spiro atoms. The van der Waals surface area contributed by atoms with Crippen LogP contribution in [-0.4, -0.2) is 9.78 Å². The summed E-state index contributed by atoms with van der Waals surface area (Å²) in [5, 5.41) is 4.97. The molecule has 1 unspecified atom stereocenters. The minimum atomic E-state index is -0.360. The van der Waals surface area contributed by atoms with Crippen molar-refractivity contribution in [2.45, 2.75) is 25.9 Å². The average Bonchev–Trinajstić information content (AvgIpc) is 2.41. The average molecular weight is 278 g/mol. The first-order valence-electron chi connectivity index (χ1n) is 6.21. The van der Waals surface area contributed by atoms with E-state index in [0.717, 1.165) is 12.0 Å². The van der Waals surface area contributed by atoms with Crippen molar-refractivity contribution in [3.63, 3.8) is 0 Å². The Morgan fingerprint density at radius 2 is 1.95 bits per heavy atom. The van der Waals surface area contributed by atoms with Gasteiger partial charge < -0.3 is 5.73 Å². The highest BCUT2D eigenvalue weighted by molar-refractivity contribution is 6.30. The molecule has 1 atom stereocenters. The summed E-state index contributed by atoms with van der Waals surface area (Å²) < 4.78 is 1.45. The number of nitrogens with zero attached hydrogens (tertiary/aromatic N) is 2. The fourth-order valence-electron chi connectivity index (χ4n) is 1.84. The summed E-state index contributed by atoms with van der Waals surface area (Å²) in [5.74, 6) is 0. The van der Waals surface area contributed by atoms with E-state index in [0.29, 0.717) is 17.3 Å². The van der Waals surface area contributed by atoms with Crippen LogP contribution in [0.4, 0.5) is 0 Å². The van der Waals surface area contributed by atoms with Crippen LogP contribution in [0.15, 0.2) is 41.2 Å². The van der Waals surface area contributed by atoms with E-state index >= 15 is 0 Å². The van der Waals surface area contributed by atoms with Crippen LogP contribution in [0.2, 0.25) is 5.02 Å². The van der Waals surface area contributed by atoms with Crippen molar-refractivity contribution in [2.75, 3.05) is 0 Å². The molecule has 19 heavy (non-hydrogen) atoms. The lowest BCUT2D eigenvalue weighted by atomic mass is 10.0. The van der Waals surface area contributed by atoms with E-state index in [-0.39, 0.29) is 11.6 Å². The Balaban J connectivity index is 2.33. The second kappa shape index (κ2) is 5.99. The van der Waals surface area contributed by atoms with Gasteiger partial charge in [-0.2, -0.15) is 5.10 Å². The Hall–Kier alpha value is -1.65. The zero-order valence-corrected chi connectivity index (χ0v) is 11.5. The van der Waals surface area contributed by atoms with Crippen molar-refractivity contribution in [1.29, 1.82) is 0 Å². The molecular weight excluding hydrogens is 262 g/mol. The summed E-state index contributed by atoms with van der Waals surface area (Å²) in [6.45, 7) is 2.60. The smallest absolute Gasteiger partial charge is 0.266 e. The van der Waals surface area contributed by atoms with Gasteiger partial charge in [-0.1, -0.05) is 30.7 Å². The number of rotatable bonds is 4. The van der Waals surface area contributed by atoms with Gasteiger partial charge in [0.2, 0.25) is 0 Å². The highest BCUT2D eigenvalue weighted by Gasteiger charge is 2.11. The highest BCUT2D eigenvalue weighted by atomic mass is 35.5. The summed E-state index contributed by atoms with van der Waals surface area (Å²) >= 11 is 5.85. The fraction of sp³-hybridized carbons (Fsp3) is 0.286. The summed E-state index contributed by atoms with van der Waals surface area (Å²) in [7, 11) is 0. The summed E-state index contributed by atoms with van der Waals surface area (Å²) in [4.78, 5) is 11.6. The Morgan fingerprint density at radius 3 is 2.58 bits per heavy atom. The zero-order valence-electron chi connectivity index (χ0n) is 10.7. The van der Waals surface area contributed by atoms with Gasteiger partial charge in [-0.3, -0.25) is 4.79 Å². The zero-order chi connectivity index (χ0) is 13.8. The van der Waals surface area contributed by atoms with Gasteiger partial charge in [-0.15, -0.1) is 0 Å². The first kappa shape index (κ1) is 13.8. The lowest BCUT2D eigenvalue weighted by Crippen LogP contribution is -2.25. The van der Waals surface area contributed by atoms with Gasteiger partial charge in [0.1, 0.15) is 0 Å². The van der Waals surface area contributed by atoms with Crippen molar-refractivity contribution < 1.29 is 0 Å². The van der Waals surface area contributed by atoms with Crippen molar-refractivity contribution in [2.24, 2.45) is 5.73 Å².